The number of benzene rings is 1. The molecule has 6 heteroatoms. The smallest absolute Gasteiger partial charge is 0.328 e. The summed E-state index contributed by atoms with van der Waals surface area (Å²) in [6.07, 6.45) is -0.483. The fraction of sp³-hybridized carbons (Fsp3) is 0.385. The largest absolute Gasteiger partial charge is 0.480 e. The number of alkyl halides is 1. The molecule has 1 rings (SSSR count). The zero-order valence-corrected chi connectivity index (χ0v) is 11.1. The lowest BCUT2D eigenvalue weighted by atomic mass is 9.78. The molecule has 104 valence electrons. The van der Waals surface area contributed by atoms with Crippen molar-refractivity contribution >= 4 is 23.5 Å². The van der Waals surface area contributed by atoms with Crippen LogP contribution in [0.25, 0.3) is 0 Å². The van der Waals surface area contributed by atoms with Crippen molar-refractivity contribution < 1.29 is 23.8 Å². The van der Waals surface area contributed by atoms with Crippen LogP contribution in [0.5, 0.6) is 0 Å². The summed E-state index contributed by atoms with van der Waals surface area (Å²) in [4.78, 5) is 23.5. The Hall–Kier alpha value is -1.62. The molecule has 0 saturated carbocycles. The monoisotopic (exact) mass is 288 g/mol. The highest BCUT2D eigenvalue weighted by Gasteiger charge is 2.49. The van der Waals surface area contributed by atoms with Crippen LogP contribution in [0, 0.1) is 0 Å². The molecule has 0 aliphatic carbocycles. The molecular formula is C13H14ClFO4. The average molecular weight is 289 g/mol. The summed E-state index contributed by atoms with van der Waals surface area (Å²) < 4.78 is 17.5. The van der Waals surface area contributed by atoms with E-state index in [1.165, 1.54) is 24.3 Å². The van der Waals surface area contributed by atoms with Crippen molar-refractivity contribution in [2.24, 2.45) is 0 Å². The number of halogens is 2. The number of carbonyl (C=O) groups is 2. The van der Waals surface area contributed by atoms with E-state index in [1.54, 1.807) is 6.92 Å². The van der Waals surface area contributed by atoms with Crippen molar-refractivity contribution in [1.29, 1.82) is 0 Å². The van der Waals surface area contributed by atoms with Crippen molar-refractivity contribution in [3.63, 3.8) is 0 Å². The first kappa shape index (κ1) is 15.4. The molecule has 4 nitrogen and oxygen atoms in total. The van der Waals surface area contributed by atoms with Crippen LogP contribution in [0.1, 0.15) is 18.9 Å². The molecule has 0 aliphatic rings. The first-order valence-electron chi connectivity index (χ1n) is 5.71. The maximum atomic E-state index is 12.7. The summed E-state index contributed by atoms with van der Waals surface area (Å²) in [7, 11) is 0. The maximum absolute atomic E-state index is 12.7. The standard InChI is InChI=1S/C13H14ClFO4/c1-2-19-12(18)13(7-8-15,11(16)17)9-3-5-10(14)6-4-9/h3-6H,2,7-8H2,1H3,(H,16,17). The van der Waals surface area contributed by atoms with E-state index in [9.17, 15) is 19.1 Å². The van der Waals surface area contributed by atoms with Gasteiger partial charge in [-0.1, -0.05) is 23.7 Å². The first-order chi connectivity index (χ1) is 8.98. The summed E-state index contributed by atoms with van der Waals surface area (Å²) >= 11 is 5.72. The number of carboxylic acid groups (broad SMARTS) is 1. The van der Waals surface area contributed by atoms with Crippen molar-refractivity contribution in [3.05, 3.63) is 34.9 Å². The van der Waals surface area contributed by atoms with Gasteiger partial charge in [-0.25, -0.2) is 0 Å². The highest BCUT2D eigenvalue weighted by molar-refractivity contribution is 6.30. The fourth-order valence-corrected chi connectivity index (χ4v) is 1.94. The molecule has 1 aromatic carbocycles. The molecule has 0 fully saturated rings. The molecule has 0 aliphatic heterocycles. The molecular weight excluding hydrogens is 275 g/mol. The van der Waals surface area contributed by atoms with Crippen LogP contribution in [-0.4, -0.2) is 30.3 Å². The molecule has 0 amide bonds. The molecule has 0 radical (unpaired) electrons. The quantitative estimate of drug-likeness (QED) is 0.645. The molecule has 0 saturated heterocycles. The maximum Gasteiger partial charge on any atom is 0.328 e. The summed E-state index contributed by atoms with van der Waals surface area (Å²) in [6, 6.07) is 5.68. The Balaban J connectivity index is 3.34. The normalized spacial score (nSPS) is 13.6. The third kappa shape index (κ3) is 3.04. The van der Waals surface area contributed by atoms with Gasteiger partial charge in [0.2, 0.25) is 0 Å². The molecule has 0 bridgehead atoms. The fourth-order valence-electron chi connectivity index (χ4n) is 1.81. The number of esters is 1. The van der Waals surface area contributed by atoms with Crippen LogP contribution in [0.4, 0.5) is 4.39 Å². The van der Waals surface area contributed by atoms with Crippen molar-refractivity contribution in [1.82, 2.24) is 0 Å². The van der Waals surface area contributed by atoms with Crippen LogP contribution in [0.3, 0.4) is 0 Å². The molecule has 0 spiro atoms. The van der Waals surface area contributed by atoms with E-state index < -0.39 is 30.4 Å². The van der Waals surface area contributed by atoms with Gasteiger partial charge >= 0.3 is 11.9 Å². The van der Waals surface area contributed by atoms with Gasteiger partial charge in [0.25, 0.3) is 0 Å². The summed E-state index contributed by atoms with van der Waals surface area (Å²) in [6.45, 7) is 0.628. The van der Waals surface area contributed by atoms with Gasteiger partial charge in [0.1, 0.15) is 0 Å². The number of rotatable bonds is 6. The Morgan fingerprint density at radius 3 is 2.37 bits per heavy atom. The lowest BCUT2D eigenvalue weighted by Crippen LogP contribution is -2.45. The van der Waals surface area contributed by atoms with E-state index in [4.69, 9.17) is 16.3 Å². The number of hydrogen-bond acceptors (Lipinski definition) is 3. The second kappa shape index (κ2) is 6.52. The third-order valence-electron chi connectivity index (χ3n) is 2.80. The van der Waals surface area contributed by atoms with Crippen molar-refractivity contribution in [2.45, 2.75) is 18.8 Å². The van der Waals surface area contributed by atoms with Gasteiger partial charge in [-0.15, -0.1) is 0 Å². The van der Waals surface area contributed by atoms with Crippen LogP contribution < -0.4 is 0 Å². The second-order valence-corrected chi connectivity index (χ2v) is 4.31. The van der Waals surface area contributed by atoms with Gasteiger partial charge in [-0.2, -0.15) is 0 Å². The average Bonchev–Trinajstić information content (AvgIpc) is 2.37. The van der Waals surface area contributed by atoms with Gasteiger partial charge in [-0.3, -0.25) is 14.0 Å². The minimum Gasteiger partial charge on any atom is -0.480 e. The Bertz CT molecular complexity index is 460. The minimum absolute atomic E-state index is 0.0216. The van der Waals surface area contributed by atoms with Gasteiger partial charge in [0, 0.05) is 11.4 Å². The Kier molecular flexibility index (Phi) is 5.30. The minimum atomic E-state index is -2.03. The summed E-state index contributed by atoms with van der Waals surface area (Å²) in [5, 5.41) is 9.77. The van der Waals surface area contributed by atoms with Gasteiger partial charge < -0.3 is 9.84 Å². The van der Waals surface area contributed by atoms with Crippen molar-refractivity contribution in [2.75, 3.05) is 13.3 Å². The van der Waals surface area contributed by atoms with E-state index >= 15 is 0 Å². The zero-order valence-electron chi connectivity index (χ0n) is 10.4. The van der Waals surface area contributed by atoms with Gasteiger partial charge in [0.05, 0.1) is 13.3 Å². The first-order valence-corrected chi connectivity index (χ1v) is 6.09. The highest BCUT2D eigenvalue weighted by atomic mass is 35.5. The number of ether oxygens (including phenoxy) is 1. The number of hydrogen-bond donors (Lipinski definition) is 1. The topological polar surface area (TPSA) is 63.6 Å². The van der Waals surface area contributed by atoms with Crippen LogP contribution in [0.15, 0.2) is 24.3 Å². The van der Waals surface area contributed by atoms with E-state index in [0.29, 0.717) is 5.02 Å². The zero-order chi connectivity index (χ0) is 14.5. The number of carbonyl (C=O) groups excluding carboxylic acids is 1. The summed E-state index contributed by atoms with van der Waals surface area (Å²) in [5.41, 5.74) is -1.88. The lowest BCUT2D eigenvalue weighted by Gasteiger charge is -2.26. The Labute approximate surface area is 115 Å². The Morgan fingerprint density at radius 1 is 1.37 bits per heavy atom. The van der Waals surface area contributed by atoms with Crippen LogP contribution in [-0.2, 0) is 19.7 Å². The van der Waals surface area contributed by atoms with E-state index in [1.807, 2.05) is 0 Å². The molecule has 1 unspecified atom stereocenters. The predicted octanol–water partition coefficient (Wildman–Crippen LogP) is 2.59. The lowest BCUT2D eigenvalue weighted by molar-refractivity contribution is -0.162. The molecule has 1 atom stereocenters. The van der Waals surface area contributed by atoms with Crippen LogP contribution in [0.2, 0.25) is 5.02 Å². The second-order valence-electron chi connectivity index (χ2n) is 3.88. The van der Waals surface area contributed by atoms with Gasteiger partial charge in [0.15, 0.2) is 5.41 Å². The van der Waals surface area contributed by atoms with E-state index in [-0.39, 0.29) is 12.2 Å². The van der Waals surface area contributed by atoms with Crippen LogP contribution >= 0.6 is 11.6 Å². The summed E-state index contributed by atoms with van der Waals surface area (Å²) in [5.74, 6) is -2.41. The number of aliphatic carboxylic acids is 1. The van der Waals surface area contributed by atoms with Crippen molar-refractivity contribution in [3.8, 4) is 0 Å². The molecule has 1 aromatic rings. The third-order valence-corrected chi connectivity index (χ3v) is 3.05. The Morgan fingerprint density at radius 2 is 1.95 bits per heavy atom. The number of carboxylic acids is 1. The molecule has 1 N–H and O–H groups in total. The van der Waals surface area contributed by atoms with Gasteiger partial charge in [-0.05, 0) is 24.6 Å². The predicted molar refractivity (Wildman–Crippen MR) is 68.0 cm³/mol. The van der Waals surface area contributed by atoms with E-state index in [2.05, 4.69) is 0 Å². The SMILES string of the molecule is CCOC(=O)C(CCF)(C(=O)O)c1ccc(Cl)cc1. The highest BCUT2D eigenvalue weighted by Crippen LogP contribution is 2.31. The molecule has 0 aromatic heterocycles. The molecule has 0 heterocycles. The van der Waals surface area contributed by atoms with E-state index in [0.717, 1.165) is 0 Å². The molecule has 19 heavy (non-hydrogen) atoms.